The fourth-order valence-electron chi connectivity index (χ4n) is 3.57. The molecule has 156 valence electrons. The van der Waals surface area contributed by atoms with Gasteiger partial charge in [-0.1, -0.05) is 60.7 Å². The van der Waals surface area contributed by atoms with Gasteiger partial charge in [0.25, 0.3) is 0 Å². The van der Waals surface area contributed by atoms with Crippen molar-refractivity contribution in [3.8, 4) is 0 Å². The summed E-state index contributed by atoms with van der Waals surface area (Å²) >= 11 is 0. The first-order chi connectivity index (χ1) is 14.1. The second-order valence-corrected chi connectivity index (χ2v) is 7.75. The third kappa shape index (κ3) is 6.67. The van der Waals surface area contributed by atoms with E-state index < -0.39 is 0 Å². The van der Waals surface area contributed by atoms with Crippen LogP contribution in [0.2, 0.25) is 0 Å². The molecule has 4 rings (SSSR count). The van der Waals surface area contributed by atoms with Gasteiger partial charge in [0.1, 0.15) is 6.61 Å². The standard InChI is InChI=1S/C12H15NO2.C12H17NO/c1-10-8-15-9-12(14)13(10)7-11-5-3-2-4-6-11;1-11-10-14-8-7-13(11)9-12-5-3-2-4-6-12/h2-6,10H,7-9H2,1H3;2-6,11H,7-10H2,1H3/t10-;11-/m11/s1. The van der Waals surface area contributed by atoms with E-state index in [-0.39, 0.29) is 18.6 Å². The number of rotatable bonds is 4. The number of morpholine rings is 2. The van der Waals surface area contributed by atoms with E-state index in [1.54, 1.807) is 0 Å². The summed E-state index contributed by atoms with van der Waals surface area (Å²) in [5.41, 5.74) is 2.56. The third-order valence-corrected chi connectivity index (χ3v) is 5.37. The molecular formula is C24H32N2O3. The SMILES string of the molecule is C[C@@H]1COCC(=O)N1Cc1ccccc1.C[C@@H]1COCCN1Cc1ccccc1. The van der Waals surface area contributed by atoms with Crippen molar-refractivity contribution in [1.82, 2.24) is 9.80 Å². The van der Waals surface area contributed by atoms with Crippen LogP contribution in [0.25, 0.3) is 0 Å². The predicted molar refractivity (Wildman–Crippen MR) is 114 cm³/mol. The summed E-state index contributed by atoms with van der Waals surface area (Å²) in [6, 6.07) is 21.4. The fraction of sp³-hybridized carbons (Fsp3) is 0.458. The minimum absolute atomic E-state index is 0.0811. The van der Waals surface area contributed by atoms with Crippen molar-refractivity contribution in [1.29, 1.82) is 0 Å². The lowest BCUT2D eigenvalue weighted by Crippen LogP contribution is -2.47. The predicted octanol–water partition coefficient (Wildman–Crippen LogP) is 3.34. The minimum Gasteiger partial charge on any atom is -0.379 e. The molecule has 0 aliphatic carbocycles. The maximum absolute atomic E-state index is 11.6. The number of carbonyl (C=O) groups excluding carboxylic acids is 1. The first-order valence-corrected chi connectivity index (χ1v) is 10.4. The highest BCUT2D eigenvalue weighted by atomic mass is 16.5. The first kappa shape index (κ1) is 21.5. The van der Waals surface area contributed by atoms with Crippen LogP contribution in [-0.4, -0.2) is 60.8 Å². The van der Waals surface area contributed by atoms with E-state index in [1.807, 2.05) is 42.2 Å². The molecule has 0 aromatic heterocycles. The zero-order chi connectivity index (χ0) is 20.5. The highest BCUT2D eigenvalue weighted by Gasteiger charge is 2.25. The molecule has 0 radical (unpaired) electrons. The Labute approximate surface area is 174 Å². The lowest BCUT2D eigenvalue weighted by molar-refractivity contribution is -0.148. The van der Waals surface area contributed by atoms with Gasteiger partial charge in [-0.05, 0) is 25.0 Å². The monoisotopic (exact) mass is 396 g/mol. The third-order valence-electron chi connectivity index (χ3n) is 5.37. The Kier molecular flexibility index (Phi) is 8.23. The summed E-state index contributed by atoms with van der Waals surface area (Å²) in [4.78, 5) is 16.0. The smallest absolute Gasteiger partial charge is 0.249 e. The first-order valence-electron chi connectivity index (χ1n) is 10.4. The van der Waals surface area contributed by atoms with Crippen molar-refractivity contribution >= 4 is 5.91 Å². The Morgan fingerprint density at radius 3 is 2.00 bits per heavy atom. The Morgan fingerprint density at radius 2 is 1.41 bits per heavy atom. The van der Waals surface area contributed by atoms with Crippen LogP contribution in [0.5, 0.6) is 0 Å². The molecule has 1 amide bonds. The summed E-state index contributed by atoms with van der Waals surface area (Å²) < 4.78 is 10.6. The number of nitrogens with zero attached hydrogens (tertiary/aromatic N) is 2. The maximum Gasteiger partial charge on any atom is 0.249 e. The molecular weight excluding hydrogens is 364 g/mol. The van der Waals surface area contributed by atoms with Crippen LogP contribution in [0.1, 0.15) is 25.0 Å². The topological polar surface area (TPSA) is 42.0 Å². The summed E-state index contributed by atoms with van der Waals surface area (Å²) in [5.74, 6) is 0.0811. The van der Waals surface area contributed by atoms with Crippen LogP contribution >= 0.6 is 0 Å². The number of hydrogen-bond donors (Lipinski definition) is 0. The molecule has 0 unspecified atom stereocenters. The van der Waals surface area contributed by atoms with Crippen molar-refractivity contribution in [2.24, 2.45) is 0 Å². The van der Waals surface area contributed by atoms with Crippen molar-refractivity contribution in [3.63, 3.8) is 0 Å². The van der Waals surface area contributed by atoms with Crippen molar-refractivity contribution in [3.05, 3.63) is 71.8 Å². The van der Waals surface area contributed by atoms with Crippen molar-refractivity contribution < 1.29 is 14.3 Å². The summed E-state index contributed by atoms with van der Waals surface area (Å²) in [7, 11) is 0. The quantitative estimate of drug-likeness (QED) is 0.795. The summed E-state index contributed by atoms with van der Waals surface area (Å²) in [6.45, 7) is 9.62. The van der Waals surface area contributed by atoms with Gasteiger partial charge in [-0.25, -0.2) is 0 Å². The molecule has 2 fully saturated rings. The van der Waals surface area contributed by atoms with E-state index >= 15 is 0 Å². The molecule has 2 heterocycles. The van der Waals surface area contributed by atoms with Crippen LogP contribution in [0.15, 0.2) is 60.7 Å². The van der Waals surface area contributed by atoms with Crippen LogP contribution in [-0.2, 0) is 27.4 Å². The number of hydrogen-bond acceptors (Lipinski definition) is 4. The molecule has 0 saturated carbocycles. The van der Waals surface area contributed by atoms with E-state index in [4.69, 9.17) is 9.47 Å². The molecule has 2 aromatic carbocycles. The van der Waals surface area contributed by atoms with Gasteiger partial charge in [-0.2, -0.15) is 0 Å². The highest BCUT2D eigenvalue weighted by molar-refractivity contribution is 5.78. The molecule has 0 N–H and O–H groups in total. The van der Waals surface area contributed by atoms with Crippen LogP contribution in [0.3, 0.4) is 0 Å². The molecule has 2 aromatic rings. The largest absolute Gasteiger partial charge is 0.379 e. The van der Waals surface area contributed by atoms with E-state index in [0.29, 0.717) is 19.2 Å². The molecule has 2 aliphatic rings. The molecule has 0 bridgehead atoms. The van der Waals surface area contributed by atoms with E-state index in [2.05, 4.69) is 42.2 Å². The Balaban J connectivity index is 0.000000166. The van der Waals surface area contributed by atoms with Gasteiger partial charge < -0.3 is 14.4 Å². The van der Waals surface area contributed by atoms with Gasteiger partial charge in [-0.3, -0.25) is 9.69 Å². The lowest BCUT2D eigenvalue weighted by Gasteiger charge is -2.33. The van der Waals surface area contributed by atoms with Gasteiger partial charge >= 0.3 is 0 Å². The molecule has 5 heteroatoms. The van der Waals surface area contributed by atoms with Crippen molar-refractivity contribution in [2.75, 3.05) is 33.0 Å². The van der Waals surface area contributed by atoms with E-state index in [9.17, 15) is 4.79 Å². The zero-order valence-corrected chi connectivity index (χ0v) is 17.5. The number of carbonyl (C=O) groups is 1. The molecule has 0 spiro atoms. The average molecular weight is 397 g/mol. The van der Waals surface area contributed by atoms with Gasteiger partial charge in [-0.15, -0.1) is 0 Å². The second kappa shape index (κ2) is 11.1. The Morgan fingerprint density at radius 1 is 0.828 bits per heavy atom. The van der Waals surface area contributed by atoms with Gasteiger partial charge in [0.05, 0.1) is 25.9 Å². The number of amides is 1. The Bertz CT molecular complexity index is 738. The van der Waals surface area contributed by atoms with Crippen LogP contribution < -0.4 is 0 Å². The minimum atomic E-state index is 0.0811. The van der Waals surface area contributed by atoms with Crippen LogP contribution in [0.4, 0.5) is 0 Å². The van der Waals surface area contributed by atoms with Crippen LogP contribution in [0, 0.1) is 0 Å². The van der Waals surface area contributed by atoms with Crippen molar-refractivity contribution in [2.45, 2.75) is 39.0 Å². The maximum atomic E-state index is 11.6. The second-order valence-electron chi connectivity index (χ2n) is 7.75. The van der Waals surface area contributed by atoms with Gasteiger partial charge in [0.15, 0.2) is 0 Å². The highest BCUT2D eigenvalue weighted by Crippen LogP contribution is 2.13. The molecule has 29 heavy (non-hydrogen) atoms. The molecule has 2 aliphatic heterocycles. The molecule has 2 saturated heterocycles. The van der Waals surface area contributed by atoms with E-state index in [1.165, 1.54) is 11.1 Å². The van der Waals surface area contributed by atoms with Gasteiger partial charge in [0.2, 0.25) is 5.91 Å². The number of ether oxygens (including phenoxy) is 2. The zero-order valence-electron chi connectivity index (χ0n) is 17.5. The Hall–Kier alpha value is -2.21. The fourth-order valence-corrected chi connectivity index (χ4v) is 3.57. The van der Waals surface area contributed by atoms with Gasteiger partial charge in [0, 0.05) is 25.7 Å². The average Bonchev–Trinajstić information content (AvgIpc) is 2.75. The lowest BCUT2D eigenvalue weighted by atomic mass is 10.1. The summed E-state index contributed by atoms with van der Waals surface area (Å²) in [5, 5.41) is 0. The number of benzene rings is 2. The molecule has 2 atom stereocenters. The van der Waals surface area contributed by atoms with E-state index in [0.717, 1.165) is 26.3 Å². The normalized spacial score (nSPS) is 22.7. The molecule has 5 nitrogen and oxygen atoms in total. The summed E-state index contributed by atoms with van der Waals surface area (Å²) in [6.07, 6.45) is 0.